The van der Waals surface area contributed by atoms with E-state index < -0.39 is 5.54 Å². The van der Waals surface area contributed by atoms with Gasteiger partial charge in [-0.2, -0.15) is 15.6 Å². The van der Waals surface area contributed by atoms with Crippen molar-refractivity contribution < 1.29 is 9.90 Å². The number of piperidine rings is 1. The van der Waals surface area contributed by atoms with Crippen molar-refractivity contribution in [3.63, 3.8) is 0 Å². The average Bonchev–Trinajstić information content (AvgIpc) is 3.50. The summed E-state index contributed by atoms with van der Waals surface area (Å²) in [5.74, 6) is 0.390. The Morgan fingerprint density at radius 2 is 1.87 bits per heavy atom. The number of aliphatic hydroxyl groups excluding tert-OH is 1. The highest BCUT2D eigenvalue weighted by molar-refractivity contribution is 5.95. The minimum atomic E-state index is -0.436. The number of rotatable bonds is 6. The Hall–Kier alpha value is -4.28. The van der Waals surface area contributed by atoms with Crippen molar-refractivity contribution in [2.24, 2.45) is 5.92 Å². The zero-order chi connectivity index (χ0) is 26.3. The van der Waals surface area contributed by atoms with Crippen molar-refractivity contribution in [2.75, 3.05) is 5.32 Å². The number of hydrogen-bond acceptors (Lipinski definition) is 8. The minimum Gasteiger partial charge on any atom is -0.393 e. The van der Waals surface area contributed by atoms with Crippen LogP contribution in [-0.2, 0) is 5.54 Å². The highest BCUT2D eigenvalue weighted by atomic mass is 16.3. The lowest BCUT2D eigenvalue weighted by molar-refractivity contribution is 0.0287. The molecule has 2 aliphatic heterocycles. The number of carbonyl (C=O) groups excluding carboxylic acids is 1. The molecule has 1 aromatic carbocycles. The van der Waals surface area contributed by atoms with Crippen LogP contribution in [-0.4, -0.2) is 53.8 Å². The molecule has 0 spiro atoms. The van der Waals surface area contributed by atoms with Gasteiger partial charge in [0.2, 0.25) is 5.95 Å². The van der Waals surface area contributed by atoms with Gasteiger partial charge in [-0.25, -0.2) is 9.97 Å². The van der Waals surface area contributed by atoms with Gasteiger partial charge in [0.15, 0.2) is 0 Å². The number of aromatic nitrogens is 4. The summed E-state index contributed by atoms with van der Waals surface area (Å²) in [4.78, 5) is 24.1. The van der Waals surface area contributed by atoms with Gasteiger partial charge in [0, 0.05) is 41.3 Å². The van der Waals surface area contributed by atoms with Crippen LogP contribution in [0.15, 0.2) is 48.9 Å². The van der Waals surface area contributed by atoms with Crippen LogP contribution < -0.4 is 5.32 Å². The van der Waals surface area contributed by atoms with Gasteiger partial charge in [-0.3, -0.25) is 9.48 Å². The molecule has 2 N–H and O–H groups in total. The van der Waals surface area contributed by atoms with E-state index in [4.69, 9.17) is 0 Å². The Labute approximate surface area is 220 Å². The van der Waals surface area contributed by atoms with Crippen LogP contribution in [0.5, 0.6) is 0 Å². The van der Waals surface area contributed by atoms with Gasteiger partial charge in [0.25, 0.3) is 5.91 Å². The molecule has 2 saturated heterocycles. The number of benzene rings is 1. The molecule has 2 bridgehead atoms. The predicted molar refractivity (Wildman–Crippen MR) is 138 cm³/mol. The van der Waals surface area contributed by atoms with Crippen molar-refractivity contribution >= 4 is 17.5 Å². The summed E-state index contributed by atoms with van der Waals surface area (Å²) in [5.41, 5.74) is 2.44. The summed E-state index contributed by atoms with van der Waals surface area (Å²) in [7, 11) is 0. The van der Waals surface area contributed by atoms with Gasteiger partial charge >= 0.3 is 0 Å². The molecule has 2 unspecified atom stereocenters. The third-order valence-electron chi connectivity index (χ3n) is 8.19. The molecule has 3 aromatic rings. The zero-order valence-electron chi connectivity index (χ0n) is 20.9. The highest BCUT2D eigenvalue weighted by Gasteiger charge is 2.47. The van der Waals surface area contributed by atoms with Crippen molar-refractivity contribution in [3.8, 4) is 23.4 Å². The van der Waals surface area contributed by atoms with E-state index in [0.29, 0.717) is 49.3 Å². The summed E-state index contributed by atoms with van der Waals surface area (Å²) in [6, 6.07) is 13.9. The summed E-state index contributed by atoms with van der Waals surface area (Å²) in [6.45, 7) is 0. The molecule has 6 rings (SSSR count). The van der Waals surface area contributed by atoms with Crippen molar-refractivity contribution in [1.82, 2.24) is 24.6 Å². The molecular formula is C28H28N8O2. The predicted octanol–water partition coefficient (Wildman–Crippen LogP) is 3.75. The largest absolute Gasteiger partial charge is 0.393 e. The Kier molecular flexibility index (Phi) is 6.05. The van der Waals surface area contributed by atoms with E-state index in [-0.39, 0.29) is 30.0 Å². The van der Waals surface area contributed by atoms with Crippen LogP contribution in [0.1, 0.15) is 55.3 Å². The fourth-order valence-corrected chi connectivity index (χ4v) is 6.26. The highest BCUT2D eigenvalue weighted by Crippen LogP contribution is 2.46. The van der Waals surface area contributed by atoms with Gasteiger partial charge in [0.1, 0.15) is 0 Å². The molecule has 10 nitrogen and oxygen atoms in total. The van der Waals surface area contributed by atoms with E-state index in [1.165, 1.54) is 0 Å². The van der Waals surface area contributed by atoms with Crippen LogP contribution in [0.3, 0.4) is 0 Å². The standard InChI is InChI=1S/C28H28N8O2/c29-9-8-28(13-18(14-28)15-30)35-17-20(16-32-35)25-7-10-31-27(34-25)33-21-3-1-19(2-4-21)26(38)36-22-5-6-23(36)12-24(37)11-22/h1-4,7,10,16-18,22-24,37H,5-6,8,11-14H2,(H,31,33,34). The Bertz CT molecular complexity index is 1420. The molecule has 0 radical (unpaired) electrons. The molecule has 1 saturated carbocycles. The number of nitrogens with zero attached hydrogens (tertiary/aromatic N) is 7. The lowest BCUT2D eigenvalue weighted by atomic mass is 9.67. The summed E-state index contributed by atoms with van der Waals surface area (Å²) >= 11 is 0. The number of aliphatic hydroxyl groups is 1. The molecule has 2 aromatic heterocycles. The fourth-order valence-electron chi connectivity index (χ4n) is 6.26. The summed E-state index contributed by atoms with van der Waals surface area (Å²) in [6.07, 6.45) is 9.75. The number of nitrogens with one attached hydrogen (secondary N) is 1. The average molecular weight is 509 g/mol. The summed E-state index contributed by atoms with van der Waals surface area (Å²) < 4.78 is 1.81. The molecule has 192 valence electrons. The monoisotopic (exact) mass is 508 g/mol. The molecule has 10 heteroatoms. The fraction of sp³-hybridized carbons (Fsp3) is 0.429. The number of hydrogen-bond donors (Lipinski definition) is 2. The maximum absolute atomic E-state index is 13.2. The summed E-state index contributed by atoms with van der Waals surface area (Å²) in [5, 5.41) is 36.2. The maximum atomic E-state index is 13.2. The maximum Gasteiger partial charge on any atom is 0.254 e. The first-order chi connectivity index (χ1) is 18.5. The smallest absolute Gasteiger partial charge is 0.254 e. The van der Waals surface area contributed by atoms with Crippen molar-refractivity contribution in [1.29, 1.82) is 10.5 Å². The molecule has 38 heavy (non-hydrogen) atoms. The number of carbonyl (C=O) groups is 1. The Balaban J connectivity index is 1.14. The third-order valence-corrected chi connectivity index (χ3v) is 8.19. The zero-order valence-corrected chi connectivity index (χ0v) is 20.9. The molecular weight excluding hydrogens is 480 g/mol. The van der Waals surface area contributed by atoms with Crippen LogP contribution in [0, 0.1) is 28.6 Å². The lowest BCUT2D eigenvalue weighted by Gasteiger charge is -2.43. The molecule has 1 aliphatic carbocycles. The molecule has 3 aliphatic rings. The van der Waals surface area contributed by atoms with Crippen molar-refractivity contribution in [3.05, 3.63) is 54.5 Å². The SMILES string of the molecule is N#CCC1(n2cc(-c3ccnc(Nc4ccc(C(=O)N5C6CCC5CC(O)C6)cc4)n3)cn2)CC(C#N)C1. The second kappa shape index (κ2) is 9.55. The third kappa shape index (κ3) is 4.27. The second-order valence-electron chi connectivity index (χ2n) is 10.7. The number of nitriles is 2. The normalized spacial score (nSPS) is 27.7. The minimum absolute atomic E-state index is 0.0212. The van der Waals surface area contributed by atoms with Crippen LogP contribution in [0.2, 0.25) is 0 Å². The first-order valence-electron chi connectivity index (χ1n) is 13.0. The quantitative estimate of drug-likeness (QED) is 0.512. The van der Waals surface area contributed by atoms with E-state index >= 15 is 0 Å². The molecule has 1 amide bonds. The Morgan fingerprint density at radius 1 is 1.13 bits per heavy atom. The number of fused-ring (bicyclic) bond motifs is 2. The Morgan fingerprint density at radius 3 is 2.55 bits per heavy atom. The lowest BCUT2D eigenvalue weighted by Crippen LogP contribution is -2.47. The first kappa shape index (κ1) is 24.1. The van der Waals surface area contributed by atoms with Gasteiger partial charge in [-0.15, -0.1) is 0 Å². The van der Waals surface area contributed by atoms with Crippen molar-refractivity contribution in [2.45, 2.75) is 68.7 Å². The van der Waals surface area contributed by atoms with E-state index in [1.54, 1.807) is 23.1 Å². The van der Waals surface area contributed by atoms with Crippen LogP contribution >= 0.6 is 0 Å². The number of anilines is 2. The van der Waals surface area contributed by atoms with Gasteiger partial charge in [-0.05, 0) is 68.9 Å². The van der Waals surface area contributed by atoms with Gasteiger partial charge < -0.3 is 15.3 Å². The van der Waals surface area contributed by atoms with E-state index in [0.717, 1.165) is 24.1 Å². The van der Waals surface area contributed by atoms with Crippen LogP contribution in [0.4, 0.5) is 11.6 Å². The molecule has 2 atom stereocenters. The van der Waals surface area contributed by atoms with Crippen LogP contribution in [0.25, 0.3) is 11.3 Å². The second-order valence-corrected chi connectivity index (χ2v) is 10.7. The van der Waals surface area contributed by atoms with Gasteiger partial charge in [0.05, 0.1) is 48.0 Å². The topological polar surface area (TPSA) is 144 Å². The van der Waals surface area contributed by atoms with E-state index in [2.05, 4.69) is 32.5 Å². The number of amides is 1. The van der Waals surface area contributed by atoms with E-state index in [1.807, 2.05) is 35.4 Å². The van der Waals surface area contributed by atoms with E-state index in [9.17, 15) is 20.4 Å². The van der Waals surface area contributed by atoms with Gasteiger partial charge in [-0.1, -0.05) is 0 Å². The molecule has 3 fully saturated rings. The first-order valence-corrected chi connectivity index (χ1v) is 13.0. The molecule has 4 heterocycles.